The Kier molecular flexibility index (Phi) is 6.58. The van der Waals surface area contributed by atoms with E-state index in [0.717, 1.165) is 17.1 Å². The number of nitrogens with zero attached hydrogens (tertiary/aromatic N) is 3. The molecule has 2 aromatic heterocycles. The number of hydrogen-bond acceptors (Lipinski definition) is 6. The number of carbonyl (C=O) groups is 1. The van der Waals surface area contributed by atoms with Crippen molar-refractivity contribution in [2.24, 2.45) is 7.05 Å². The summed E-state index contributed by atoms with van der Waals surface area (Å²) in [6.07, 6.45) is 4.83. The lowest BCUT2D eigenvalue weighted by molar-refractivity contribution is 0.0936. The van der Waals surface area contributed by atoms with Crippen molar-refractivity contribution in [3.8, 4) is 5.75 Å². The number of H-pyrrole nitrogens is 1. The van der Waals surface area contributed by atoms with Crippen molar-refractivity contribution in [3.05, 3.63) is 66.0 Å². The van der Waals surface area contributed by atoms with Crippen LogP contribution in [-0.2, 0) is 17.1 Å². The summed E-state index contributed by atoms with van der Waals surface area (Å²) in [7, 11) is -0.196. The van der Waals surface area contributed by atoms with Crippen molar-refractivity contribution in [1.29, 1.82) is 0 Å². The second kappa shape index (κ2) is 9.39. The fraction of sp³-hybridized carbons (Fsp3) is 0.333. The topological polar surface area (TPSA) is 109 Å². The van der Waals surface area contributed by atoms with Crippen LogP contribution in [0, 0.1) is 0 Å². The van der Waals surface area contributed by atoms with Gasteiger partial charge in [-0.1, -0.05) is 12.1 Å². The molecular weight excluding hydrogens is 450 g/mol. The van der Waals surface area contributed by atoms with Crippen LogP contribution < -0.4 is 10.1 Å². The third kappa shape index (κ3) is 4.54. The van der Waals surface area contributed by atoms with E-state index in [-0.39, 0.29) is 10.6 Å². The van der Waals surface area contributed by atoms with Crippen LogP contribution >= 0.6 is 11.8 Å². The van der Waals surface area contributed by atoms with Crippen LogP contribution in [0.5, 0.6) is 5.75 Å². The van der Waals surface area contributed by atoms with E-state index in [9.17, 15) is 13.2 Å². The summed E-state index contributed by atoms with van der Waals surface area (Å²) in [6, 6.07) is 8.20. The lowest BCUT2D eigenvalue weighted by Gasteiger charge is -2.24. The summed E-state index contributed by atoms with van der Waals surface area (Å²) >= 11 is 1.73. The van der Waals surface area contributed by atoms with Crippen molar-refractivity contribution >= 4 is 27.7 Å². The van der Waals surface area contributed by atoms with Gasteiger partial charge in [0.15, 0.2) is 0 Å². The molecule has 0 aliphatic carbocycles. The molecule has 1 fully saturated rings. The van der Waals surface area contributed by atoms with Gasteiger partial charge >= 0.3 is 0 Å². The number of carbonyl (C=O) groups excluding carboxylic acids is 1. The highest BCUT2D eigenvalue weighted by Crippen LogP contribution is 2.25. The van der Waals surface area contributed by atoms with E-state index in [4.69, 9.17) is 4.74 Å². The van der Waals surface area contributed by atoms with E-state index in [1.807, 2.05) is 35.9 Å². The van der Waals surface area contributed by atoms with E-state index in [2.05, 4.69) is 15.3 Å². The van der Waals surface area contributed by atoms with E-state index in [0.29, 0.717) is 24.7 Å². The van der Waals surface area contributed by atoms with Crippen molar-refractivity contribution in [1.82, 2.24) is 24.2 Å². The van der Waals surface area contributed by atoms with Crippen molar-refractivity contribution in [2.75, 3.05) is 31.7 Å². The smallest absolute Gasteiger partial charge is 0.268 e. The standard InChI is InChI=1S/C21H25N5O4S2/c1-25-8-7-22-20(25)19(15-3-5-16(30-2)6-4-15)24-21(27)18-13-17(14-23-18)32(28,29)26-9-11-31-12-10-26/h3-8,13-14,19,23H,9-12H2,1-2H3,(H,24,27). The van der Waals surface area contributed by atoms with Gasteiger partial charge in [0, 0.05) is 50.2 Å². The Bertz CT molecular complexity index is 1180. The Balaban J connectivity index is 1.58. The molecule has 3 aromatic rings. The molecule has 1 atom stereocenters. The van der Waals surface area contributed by atoms with Crippen LogP contribution in [0.15, 0.2) is 53.8 Å². The van der Waals surface area contributed by atoms with Crippen molar-refractivity contribution in [2.45, 2.75) is 10.9 Å². The molecule has 1 aliphatic heterocycles. The lowest BCUT2D eigenvalue weighted by Crippen LogP contribution is -2.37. The first-order chi connectivity index (χ1) is 15.4. The molecule has 3 heterocycles. The van der Waals surface area contributed by atoms with Gasteiger partial charge in [-0.25, -0.2) is 13.4 Å². The normalized spacial score (nSPS) is 15.9. The molecule has 9 nitrogen and oxygen atoms in total. The third-order valence-electron chi connectivity index (χ3n) is 5.35. The monoisotopic (exact) mass is 475 g/mol. The number of benzene rings is 1. The average Bonchev–Trinajstić information content (AvgIpc) is 3.48. The first kappa shape index (κ1) is 22.4. The molecule has 1 aliphatic rings. The Hall–Kier alpha value is -2.76. The summed E-state index contributed by atoms with van der Waals surface area (Å²) in [5.41, 5.74) is 0.987. The highest BCUT2D eigenvalue weighted by Gasteiger charge is 2.29. The van der Waals surface area contributed by atoms with Gasteiger partial charge in [-0.15, -0.1) is 0 Å². The molecule has 1 amide bonds. The number of imidazole rings is 1. The van der Waals surface area contributed by atoms with Crippen LogP contribution in [0.1, 0.15) is 27.9 Å². The maximum absolute atomic E-state index is 13.1. The Morgan fingerprint density at radius 2 is 1.97 bits per heavy atom. The quantitative estimate of drug-likeness (QED) is 0.541. The summed E-state index contributed by atoms with van der Waals surface area (Å²) < 4.78 is 34.3. The molecule has 1 aromatic carbocycles. The van der Waals surface area contributed by atoms with Gasteiger partial charge in [0.05, 0.1) is 7.11 Å². The minimum absolute atomic E-state index is 0.0903. The maximum atomic E-state index is 13.1. The minimum Gasteiger partial charge on any atom is -0.497 e. The number of aryl methyl sites for hydroxylation is 1. The van der Waals surface area contributed by atoms with E-state index in [1.165, 1.54) is 16.6 Å². The van der Waals surface area contributed by atoms with Gasteiger partial charge in [-0.05, 0) is 23.8 Å². The first-order valence-electron chi connectivity index (χ1n) is 10.1. The van der Waals surface area contributed by atoms with Gasteiger partial charge < -0.3 is 19.6 Å². The number of methoxy groups -OCH3 is 1. The SMILES string of the molecule is COc1ccc(C(NC(=O)c2cc(S(=O)(=O)N3CCSCC3)c[nH]2)c2nccn2C)cc1. The molecule has 11 heteroatoms. The van der Waals surface area contributed by atoms with Gasteiger partial charge in [-0.2, -0.15) is 16.1 Å². The average molecular weight is 476 g/mol. The first-order valence-corrected chi connectivity index (χ1v) is 12.7. The summed E-state index contributed by atoms with van der Waals surface area (Å²) in [6.45, 7) is 0.941. The molecule has 0 spiro atoms. The molecule has 0 saturated carbocycles. The van der Waals surface area contributed by atoms with E-state index in [1.54, 1.807) is 31.3 Å². The highest BCUT2D eigenvalue weighted by atomic mass is 32.2. The summed E-state index contributed by atoms with van der Waals surface area (Å²) in [5, 5.41) is 2.97. The lowest BCUT2D eigenvalue weighted by atomic mass is 10.1. The molecule has 1 saturated heterocycles. The highest BCUT2D eigenvalue weighted by molar-refractivity contribution is 7.99. The number of rotatable bonds is 7. The molecule has 1 unspecified atom stereocenters. The van der Waals surface area contributed by atoms with Gasteiger partial charge in [0.1, 0.15) is 28.2 Å². The maximum Gasteiger partial charge on any atom is 0.268 e. The molecule has 32 heavy (non-hydrogen) atoms. The fourth-order valence-electron chi connectivity index (χ4n) is 3.55. The number of nitrogens with one attached hydrogen (secondary N) is 2. The largest absolute Gasteiger partial charge is 0.497 e. The molecular formula is C21H25N5O4S2. The Morgan fingerprint density at radius 3 is 2.59 bits per heavy atom. The molecule has 0 radical (unpaired) electrons. The Labute approximate surface area is 191 Å². The second-order valence-corrected chi connectivity index (χ2v) is 10.5. The molecule has 4 rings (SSSR count). The zero-order valence-corrected chi connectivity index (χ0v) is 19.4. The van der Waals surface area contributed by atoms with Crippen LogP contribution in [0.2, 0.25) is 0 Å². The fourth-order valence-corrected chi connectivity index (χ4v) is 6.12. The van der Waals surface area contributed by atoms with E-state index < -0.39 is 22.0 Å². The van der Waals surface area contributed by atoms with Crippen molar-refractivity contribution < 1.29 is 17.9 Å². The zero-order valence-electron chi connectivity index (χ0n) is 17.8. The number of sulfonamides is 1. The number of ether oxygens (including phenoxy) is 1. The summed E-state index contributed by atoms with van der Waals surface area (Å²) in [5.74, 6) is 2.46. The number of thioether (sulfide) groups is 1. The van der Waals surface area contributed by atoms with Crippen LogP contribution in [0.3, 0.4) is 0 Å². The van der Waals surface area contributed by atoms with Crippen LogP contribution in [-0.4, -0.2) is 64.9 Å². The van der Waals surface area contributed by atoms with Crippen molar-refractivity contribution in [3.63, 3.8) is 0 Å². The predicted molar refractivity (Wildman–Crippen MR) is 122 cm³/mol. The minimum atomic E-state index is -3.63. The van der Waals surface area contributed by atoms with E-state index >= 15 is 0 Å². The second-order valence-electron chi connectivity index (χ2n) is 7.34. The number of hydrogen-bond donors (Lipinski definition) is 2. The number of aromatic amines is 1. The predicted octanol–water partition coefficient (Wildman–Crippen LogP) is 2.01. The Morgan fingerprint density at radius 1 is 1.25 bits per heavy atom. The van der Waals surface area contributed by atoms with Gasteiger partial charge in [-0.3, -0.25) is 4.79 Å². The zero-order chi connectivity index (χ0) is 22.7. The number of amides is 1. The summed E-state index contributed by atoms with van der Waals surface area (Å²) in [4.78, 5) is 20.4. The third-order valence-corrected chi connectivity index (χ3v) is 8.17. The van der Waals surface area contributed by atoms with Gasteiger partial charge in [0.25, 0.3) is 5.91 Å². The van der Waals surface area contributed by atoms with Crippen LogP contribution in [0.25, 0.3) is 0 Å². The molecule has 2 N–H and O–H groups in total. The molecule has 0 bridgehead atoms. The van der Waals surface area contributed by atoms with Crippen LogP contribution in [0.4, 0.5) is 0 Å². The number of aromatic nitrogens is 3. The van der Waals surface area contributed by atoms with Gasteiger partial charge in [0.2, 0.25) is 10.0 Å². The molecule has 170 valence electrons.